The zero-order valence-electron chi connectivity index (χ0n) is 13.5. The van der Waals surface area contributed by atoms with E-state index in [-0.39, 0.29) is 11.9 Å². The highest BCUT2D eigenvalue weighted by Gasteiger charge is 2.21. The second kappa shape index (κ2) is 7.87. The van der Waals surface area contributed by atoms with Gasteiger partial charge in [0.2, 0.25) is 0 Å². The average molecular weight is 293 g/mol. The Labute approximate surface area is 128 Å². The van der Waals surface area contributed by atoms with Gasteiger partial charge >= 0.3 is 0 Å². The number of hydrogen-bond donors (Lipinski definition) is 1. The molecule has 1 saturated heterocycles. The van der Waals surface area contributed by atoms with Crippen molar-refractivity contribution in [3.05, 3.63) is 35.6 Å². The Kier molecular flexibility index (Phi) is 6.15. The van der Waals surface area contributed by atoms with Gasteiger partial charge in [-0.25, -0.2) is 4.39 Å². The molecule has 1 N–H and O–H groups in total. The molecule has 4 heteroatoms. The van der Waals surface area contributed by atoms with Gasteiger partial charge in [-0.05, 0) is 71.2 Å². The van der Waals surface area contributed by atoms with Gasteiger partial charge in [0.15, 0.2) is 0 Å². The number of halogens is 1. The van der Waals surface area contributed by atoms with Crippen molar-refractivity contribution >= 4 is 0 Å². The lowest BCUT2D eigenvalue weighted by Gasteiger charge is -2.36. The molecule has 0 spiro atoms. The van der Waals surface area contributed by atoms with Crippen LogP contribution in [0.3, 0.4) is 0 Å². The molecule has 2 atom stereocenters. The fraction of sp³-hybridized carbons (Fsp3) is 0.647. The minimum absolute atomic E-state index is 0.157. The van der Waals surface area contributed by atoms with Crippen molar-refractivity contribution in [3.8, 4) is 0 Å². The van der Waals surface area contributed by atoms with Crippen molar-refractivity contribution < 1.29 is 4.39 Å². The molecule has 3 nitrogen and oxygen atoms in total. The van der Waals surface area contributed by atoms with Gasteiger partial charge in [0.25, 0.3) is 0 Å². The first-order valence-electron chi connectivity index (χ1n) is 7.91. The third-order valence-corrected chi connectivity index (χ3v) is 4.59. The van der Waals surface area contributed by atoms with Crippen molar-refractivity contribution in [2.45, 2.75) is 31.3 Å². The van der Waals surface area contributed by atoms with Crippen LogP contribution in [0.2, 0.25) is 0 Å². The van der Waals surface area contributed by atoms with Gasteiger partial charge in [-0.3, -0.25) is 0 Å². The van der Waals surface area contributed by atoms with Crippen molar-refractivity contribution in [2.24, 2.45) is 0 Å². The van der Waals surface area contributed by atoms with Crippen molar-refractivity contribution in [1.29, 1.82) is 0 Å². The minimum atomic E-state index is -0.157. The minimum Gasteiger partial charge on any atom is -0.313 e. The van der Waals surface area contributed by atoms with Crippen LogP contribution >= 0.6 is 0 Å². The monoisotopic (exact) mass is 293 g/mol. The number of likely N-dealkylation sites (tertiary alicyclic amines) is 1. The second-order valence-corrected chi connectivity index (χ2v) is 6.22. The third-order valence-electron chi connectivity index (χ3n) is 4.59. The van der Waals surface area contributed by atoms with Gasteiger partial charge in [-0.15, -0.1) is 0 Å². The van der Waals surface area contributed by atoms with Crippen molar-refractivity contribution in [1.82, 2.24) is 15.1 Å². The summed E-state index contributed by atoms with van der Waals surface area (Å²) in [6, 6.07) is 7.78. The van der Waals surface area contributed by atoms with E-state index in [2.05, 4.69) is 29.2 Å². The predicted molar refractivity (Wildman–Crippen MR) is 86.0 cm³/mol. The molecular weight excluding hydrogens is 265 g/mol. The molecule has 0 saturated carbocycles. The first-order chi connectivity index (χ1) is 10.1. The van der Waals surface area contributed by atoms with Crippen LogP contribution in [0.15, 0.2) is 24.3 Å². The number of piperidine rings is 1. The summed E-state index contributed by atoms with van der Waals surface area (Å²) in [5.41, 5.74) is 1.03. The van der Waals surface area contributed by atoms with Gasteiger partial charge in [0, 0.05) is 18.6 Å². The van der Waals surface area contributed by atoms with E-state index in [0.717, 1.165) is 25.1 Å². The molecule has 0 amide bonds. The predicted octanol–water partition coefficient (Wildman–Crippen LogP) is 2.50. The Bertz CT molecular complexity index is 438. The first-order valence-corrected chi connectivity index (χ1v) is 7.91. The summed E-state index contributed by atoms with van der Waals surface area (Å²) < 4.78 is 13.4. The van der Waals surface area contributed by atoms with Crippen LogP contribution in [0.4, 0.5) is 4.39 Å². The Hall–Kier alpha value is -0.970. The summed E-state index contributed by atoms with van der Waals surface area (Å²) in [5.74, 6) is -0.157. The Morgan fingerprint density at radius 3 is 2.95 bits per heavy atom. The zero-order chi connectivity index (χ0) is 15.2. The largest absolute Gasteiger partial charge is 0.313 e. The molecule has 1 heterocycles. The normalized spacial score (nSPS) is 21.7. The third kappa shape index (κ3) is 4.77. The number of likely N-dealkylation sites (N-methyl/N-ethyl adjacent to an activating group) is 2. The smallest absolute Gasteiger partial charge is 0.123 e. The lowest BCUT2D eigenvalue weighted by molar-refractivity contribution is 0.131. The molecule has 0 aliphatic carbocycles. The highest BCUT2D eigenvalue weighted by molar-refractivity contribution is 5.20. The van der Waals surface area contributed by atoms with Crippen LogP contribution in [0, 0.1) is 5.82 Å². The number of nitrogens with zero attached hydrogens (tertiary/aromatic N) is 2. The van der Waals surface area contributed by atoms with Gasteiger partial charge in [0.1, 0.15) is 5.82 Å². The molecule has 1 aromatic rings. The fourth-order valence-corrected chi connectivity index (χ4v) is 3.22. The SMILES string of the molecule is CNC(CCN(C)C1CCCN(C)C1)c1cccc(F)c1. The van der Waals surface area contributed by atoms with Crippen LogP contribution in [0.1, 0.15) is 30.9 Å². The molecule has 21 heavy (non-hydrogen) atoms. The number of nitrogens with one attached hydrogen (secondary N) is 1. The highest BCUT2D eigenvalue weighted by Crippen LogP contribution is 2.19. The van der Waals surface area contributed by atoms with Crippen LogP contribution in [-0.4, -0.2) is 56.6 Å². The molecule has 1 fully saturated rings. The van der Waals surface area contributed by atoms with E-state index in [0.29, 0.717) is 6.04 Å². The number of hydrogen-bond acceptors (Lipinski definition) is 3. The summed E-state index contributed by atoms with van der Waals surface area (Å²) in [6.07, 6.45) is 3.56. The number of benzene rings is 1. The molecule has 118 valence electrons. The summed E-state index contributed by atoms with van der Waals surface area (Å²) in [6.45, 7) is 3.40. The van der Waals surface area contributed by atoms with E-state index < -0.39 is 0 Å². The average Bonchev–Trinajstić information content (AvgIpc) is 2.48. The second-order valence-electron chi connectivity index (χ2n) is 6.22. The van der Waals surface area contributed by atoms with E-state index in [1.54, 1.807) is 12.1 Å². The van der Waals surface area contributed by atoms with E-state index in [1.807, 2.05) is 13.1 Å². The van der Waals surface area contributed by atoms with Gasteiger partial charge < -0.3 is 15.1 Å². The molecular formula is C17H28FN3. The van der Waals surface area contributed by atoms with Crippen molar-refractivity contribution in [3.63, 3.8) is 0 Å². The quantitative estimate of drug-likeness (QED) is 0.869. The van der Waals surface area contributed by atoms with Gasteiger partial charge in [-0.1, -0.05) is 12.1 Å². The zero-order valence-corrected chi connectivity index (χ0v) is 13.5. The molecule has 1 aromatic carbocycles. The standard InChI is InChI=1S/C17H28FN3/c1-19-17(14-6-4-7-15(18)12-14)9-11-21(3)16-8-5-10-20(2)13-16/h4,6-7,12,16-17,19H,5,8-11,13H2,1-3H3. The molecule has 0 radical (unpaired) electrons. The maximum Gasteiger partial charge on any atom is 0.123 e. The van der Waals surface area contributed by atoms with Gasteiger partial charge in [-0.2, -0.15) is 0 Å². The fourth-order valence-electron chi connectivity index (χ4n) is 3.22. The van der Waals surface area contributed by atoms with Crippen LogP contribution in [-0.2, 0) is 0 Å². The topological polar surface area (TPSA) is 18.5 Å². The highest BCUT2D eigenvalue weighted by atomic mass is 19.1. The van der Waals surface area contributed by atoms with E-state index in [4.69, 9.17) is 0 Å². The summed E-state index contributed by atoms with van der Waals surface area (Å²) in [4.78, 5) is 4.87. The van der Waals surface area contributed by atoms with E-state index in [9.17, 15) is 4.39 Å². The number of rotatable bonds is 6. The summed E-state index contributed by atoms with van der Waals surface area (Å²) >= 11 is 0. The molecule has 0 bridgehead atoms. The molecule has 1 aliphatic heterocycles. The van der Waals surface area contributed by atoms with Crippen LogP contribution in [0.25, 0.3) is 0 Å². The summed E-state index contributed by atoms with van der Waals surface area (Å²) in [5, 5.41) is 3.31. The molecule has 2 rings (SSSR count). The Morgan fingerprint density at radius 1 is 1.48 bits per heavy atom. The first kappa shape index (κ1) is 16.4. The van der Waals surface area contributed by atoms with Gasteiger partial charge in [0.05, 0.1) is 0 Å². The van der Waals surface area contributed by atoms with E-state index in [1.165, 1.54) is 25.5 Å². The molecule has 0 aromatic heterocycles. The lowest BCUT2D eigenvalue weighted by Crippen LogP contribution is -2.45. The van der Waals surface area contributed by atoms with Crippen LogP contribution < -0.4 is 5.32 Å². The Balaban J connectivity index is 1.87. The van der Waals surface area contributed by atoms with Crippen molar-refractivity contribution in [2.75, 3.05) is 40.8 Å². The summed E-state index contributed by atoms with van der Waals surface area (Å²) in [7, 11) is 6.36. The maximum atomic E-state index is 13.4. The molecule has 1 aliphatic rings. The lowest BCUT2D eigenvalue weighted by atomic mass is 10.0. The Morgan fingerprint density at radius 2 is 2.29 bits per heavy atom. The van der Waals surface area contributed by atoms with Crippen LogP contribution in [0.5, 0.6) is 0 Å². The molecule has 2 unspecified atom stereocenters. The maximum absolute atomic E-state index is 13.4. The van der Waals surface area contributed by atoms with E-state index >= 15 is 0 Å².